The Morgan fingerprint density at radius 2 is 1.56 bits per heavy atom. The number of nitro groups is 1. The van der Waals surface area contributed by atoms with Crippen molar-refractivity contribution in [3.63, 3.8) is 0 Å². The molecule has 2 rings (SSSR count). The smallest absolute Gasteiger partial charge is 0.269 e. The van der Waals surface area contributed by atoms with Crippen molar-refractivity contribution in [1.29, 1.82) is 0 Å². The van der Waals surface area contributed by atoms with Crippen molar-refractivity contribution in [2.45, 2.75) is 4.90 Å². The first-order chi connectivity index (χ1) is 11.6. The summed E-state index contributed by atoms with van der Waals surface area (Å²) in [6.07, 6.45) is 0. The Kier molecular flexibility index (Phi) is 5.86. The SMILES string of the molecule is O=C(NNS(=O)(=O)c1cc(Cl)c(Cl)cc1Cl)c1ccc([N+](=O)[O-])cc1. The average Bonchev–Trinajstić information content (AvgIpc) is 2.56. The van der Waals surface area contributed by atoms with E-state index < -0.39 is 20.9 Å². The molecule has 2 aromatic rings. The summed E-state index contributed by atoms with van der Waals surface area (Å²) in [5, 5.41) is 10.4. The summed E-state index contributed by atoms with van der Waals surface area (Å²) in [6.45, 7) is 0. The van der Waals surface area contributed by atoms with Crippen LogP contribution in [0.2, 0.25) is 15.1 Å². The summed E-state index contributed by atoms with van der Waals surface area (Å²) in [5.74, 6) is -0.824. The predicted molar refractivity (Wildman–Crippen MR) is 92.4 cm³/mol. The highest BCUT2D eigenvalue weighted by Gasteiger charge is 2.21. The molecule has 0 bridgehead atoms. The summed E-state index contributed by atoms with van der Waals surface area (Å²) in [4.78, 5) is 23.3. The summed E-state index contributed by atoms with van der Waals surface area (Å²) in [6, 6.07) is 6.76. The maximum absolute atomic E-state index is 12.2. The van der Waals surface area contributed by atoms with E-state index in [1.807, 2.05) is 10.3 Å². The molecule has 0 aliphatic rings. The Bertz CT molecular complexity index is 948. The van der Waals surface area contributed by atoms with Gasteiger partial charge in [-0.15, -0.1) is 4.83 Å². The van der Waals surface area contributed by atoms with E-state index in [2.05, 4.69) is 0 Å². The highest BCUT2D eigenvalue weighted by molar-refractivity contribution is 7.89. The van der Waals surface area contributed by atoms with Crippen molar-refractivity contribution >= 4 is 56.4 Å². The molecule has 2 aromatic carbocycles. The number of amides is 1. The number of halogens is 3. The first-order valence-electron chi connectivity index (χ1n) is 6.33. The van der Waals surface area contributed by atoms with E-state index in [1.54, 1.807) is 0 Å². The van der Waals surface area contributed by atoms with E-state index in [4.69, 9.17) is 34.8 Å². The minimum absolute atomic E-state index is 0.00790. The second-order valence-corrected chi connectivity index (χ2v) is 7.43. The molecule has 0 heterocycles. The molecule has 0 aliphatic heterocycles. The van der Waals surface area contributed by atoms with Gasteiger partial charge in [0.25, 0.3) is 21.6 Å². The second-order valence-electron chi connectivity index (χ2n) is 4.56. The number of non-ortho nitro benzene ring substituents is 1. The van der Waals surface area contributed by atoms with Gasteiger partial charge in [-0.05, 0) is 24.3 Å². The van der Waals surface area contributed by atoms with Gasteiger partial charge in [-0.1, -0.05) is 34.8 Å². The van der Waals surface area contributed by atoms with E-state index in [0.717, 1.165) is 24.3 Å². The van der Waals surface area contributed by atoms with Crippen molar-refractivity contribution in [1.82, 2.24) is 10.3 Å². The van der Waals surface area contributed by atoms with Gasteiger partial charge >= 0.3 is 0 Å². The molecule has 0 radical (unpaired) electrons. The van der Waals surface area contributed by atoms with E-state index in [0.29, 0.717) is 0 Å². The number of benzene rings is 2. The Hall–Kier alpha value is -1.91. The lowest BCUT2D eigenvalue weighted by Crippen LogP contribution is -2.41. The van der Waals surface area contributed by atoms with Crippen molar-refractivity contribution in [2.24, 2.45) is 0 Å². The zero-order chi connectivity index (χ0) is 18.8. The number of nitro benzene ring substituents is 1. The number of sulfonamides is 1. The molecule has 25 heavy (non-hydrogen) atoms. The topological polar surface area (TPSA) is 118 Å². The van der Waals surface area contributed by atoms with Gasteiger partial charge in [0.05, 0.1) is 20.0 Å². The van der Waals surface area contributed by atoms with Gasteiger partial charge < -0.3 is 0 Å². The minimum atomic E-state index is -4.22. The molecule has 0 unspecified atom stereocenters. The quantitative estimate of drug-likeness (QED) is 0.434. The summed E-state index contributed by atoms with van der Waals surface area (Å²) in [5.41, 5.74) is 1.77. The Labute approximate surface area is 156 Å². The molecule has 0 fully saturated rings. The maximum atomic E-state index is 12.2. The fourth-order valence-electron chi connectivity index (χ4n) is 1.69. The normalized spacial score (nSPS) is 11.2. The van der Waals surface area contributed by atoms with E-state index >= 15 is 0 Å². The van der Waals surface area contributed by atoms with Gasteiger partial charge in [0.1, 0.15) is 4.90 Å². The molecule has 132 valence electrons. The monoisotopic (exact) mass is 423 g/mol. The van der Waals surface area contributed by atoms with Crippen LogP contribution in [-0.4, -0.2) is 19.2 Å². The van der Waals surface area contributed by atoms with Crippen LogP contribution in [0.25, 0.3) is 0 Å². The fourth-order valence-corrected chi connectivity index (χ4v) is 3.53. The lowest BCUT2D eigenvalue weighted by molar-refractivity contribution is -0.384. The molecule has 12 heteroatoms. The third-order valence-electron chi connectivity index (χ3n) is 2.90. The average molecular weight is 425 g/mol. The zero-order valence-electron chi connectivity index (χ0n) is 12.0. The van der Waals surface area contributed by atoms with Crippen molar-refractivity contribution in [3.05, 3.63) is 67.1 Å². The number of nitrogens with one attached hydrogen (secondary N) is 2. The predicted octanol–water partition coefficient (Wildman–Crippen LogP) is 3.18. The number of hydrogen-bond donors (Lipinski definition) is 2. The summed E-state index contributed by atoms with van der Waals surface area (Å²) >= 11 is 17.3. The van der Waals surface area contributed by atoms with Crippen LogP contribution in [0, 0.1) is 10.1 Å². The largest absolute Gasteiger partial charge is 0.273 e. The van der Waals surface area contributed by atoms with Crippen LogP contribution in [-0.2, 0) is 10.0 Å². The highest BCUT2D eigenvalue weighted by atomic mass is 35.5. The van der Waals surface area contributed by atoms with E-state index in [9.17, 15) is 23.3 Å². The third-order valence-corrected chi connectivity index (χ3v) is 5.34. The van der Waals surface area contributed by atoms with Gasteiger partial charge in [0.2, 0.25) is 0 Å². The fraction of sp³-hybridized carbons (Fsp3) is 0. The molecular weight excluding hydrogens is 417 g/mol. The van der Waals surface area contributed by atoms with Gasteiger partial charge in [-0.25, -0.2) is 8.42 Å². The van der Waals surface area contributed by atoms with E-state index in [-0.39, 0.29) is 31.2 Å². The Balaban J connectivity index is 2.15. The Morgan fingerprint density at radius 1 is 1.00 bits per heavy atom. The molecule has 0 spiro atoms. The Morgan fingerprint density at radius 3 is 2.12 bits per heavy atom. The standard InChI is InChI=1S/C13H8Cl3N3O5S/c14-9-5-11(16)12(6-10(9)15)25(23,24)18-17-13(20)7-1-3-8(4-2-7)19(21)22/h1-6,18H,(H,17,20). The zero-order valence-corrected chi connectivity index (χ0v) is 15.1. The number of carbonyl (C=O) groups is 1. The van der Waals surface area contributed by atoms with Crippen LogP contribution in [0.3, 0.4) is 0 Å². The molecule has 0 saturated carbocycles. The van der Waals surface area contributed by atoms with Crippen molar-refractivity contribution in [3.8, 4) is 0 Å². The van der Waals surface area contributed by atoms with Gasteiger partial charge in [-0.2, -0.15) is 0 Å². The summed E-state index contributed by atoms with van der Waals surface area (Å²) in [7, 11) is -4.22. The maximum Gasteiger partial charge on any atom is 0.269 e. The first kappa shape index (κ1) is 19.4. The number of rotatable bonds is 5. The van der Waals surface area contributed by atoms with Crippen molar-refractivity contribution in [2.75, 3.05) is 0 Å². The van der Waals surface area contributed by atoms with Crippen LogP contribution in [0.5, 0.6) is 0 Å². The molecule has 2 N–H and O–H groups in total. The van der Waals surface area contributed by atoms with Gasteiger partial charge in [0.15, 0.2) is 0 Å². The van der Waals surface area contributed by atoms with Crippen LogP contribution >= 0.6 is 34.8 Å². The first-order valence-corrected chi connectivity index (χ1v) is 8.94. The molecule has 0 saturated heterocycles. The van der Waals surface area contributed by atoms with Crippen molar-refractivity contribution < 1.29 is 18.1 Å². The van der Waals surface area contributed by atoms with Gasteiger partial charge in [0, 0.05) is 17.7 Å². The number of hydrogen-bond acceptors (Lipinski definition) is 5. The molecule has 1 amide bonds. The lowest BCUT2D eigenvalue weighted by atomic mass is 10.2. The molecule has 8 nitrogen and oxygen atoms in total. The molecule has 0 atom stereocenters. The molecule has 0 aliphatic carbocycles. The van der Waals surface area contributed by atoms with Crippen LogP contribution in [0.15, 0.2) is 41.3 Å². The van der Waals surface area contributed by atoms with E-state index in [1.165, 1.54) is 12.1 Å². The second kappa shape index (κ2) is 7.54. The van der Waals surface area contributed by atoms with Crippen LogP contribution in [0.1, 0.15) is 10.4 Å². The highest BCUT2D eigenvalue weighted by Crippen LogP contribution is 2.31. The summed E-state index contributed by atoms with van der Waals surface area (Å²) < 4.78 is 24.4. The molecule has 0 aromatic heterocycles. The van der Waals surface area contributed by atoms with Gasteiger partial charge in [-0.3, -0.25) is 20.3 Å². The number of hydrazine groups is 1. The third kappa shape index (κ3) is 4.59. The van der Waals surface area contributed by atoms with Crippen LogP contribution in [0.4, 0.5) is 5.69 Å². The lowest BCUT2D eigenvalue weighted by Gasteiger charge is -2.10. The minimum Gasteiger partial charge on any atom is -0.273 e. The molecular formula is C13H8Cl3N3O5S. The number of nitrogens with zero attached hydrogens (tertiary/aromatic N) is 1. The van der Waals surface area contributed by atoms with Crippen LogP contribution < -0.4 is 10.3 Å². The number of carbonyl (C=O) groups excluding carboxylic acids is 1.